The number of piperidine rings is 1. The fourth-order valence-electron chi connectivity index (χ4n) is 3.16. The Kier molecular flexibility index (Phi) is 7.09. The van der Waals surface area contributed by atoms with Crippen LogP contribution in [0.15, 0.2) is 36.5 Å². The Bertz CT molecular complexity index is 561. The van der Waals surface area contributed by atoms with Crippen LogP contribution in [0.5, 0.6) is 0 Å². The minimum atomic E-state index is 0. The number of aromatic nitrogens is 2. The number of halogens is 1. The first-order valence-corrected chi connectivity index (χ1v) is 8.27. The van der Waals surface area contributed by atoms with Crippen molar-refractivity contribution in [3.8, 4) is 0 Å². The maximum Gasteiger partial charge on any atom is 0.0535 e. The summed E-state index contributed by atoms with van der Waals surface area (Å²) in [5.74, 6) is 0.805. The summed E-state index contributed by atoms with van der Waals surface area (Å²) in [6.07, 6.45) is 4.51. The molecule has 1 saturated heterocycles. The van der Waals surface area contributed by atoms with Gasteiger partial charge in [0.05, 0.1) is 6.20 Å². The van der Waals surface area contributed by atoms with E-state index in [-0.39, 0.29) is 12.4 Å². The maximum atomic E-state index is 4.07. The van der Waals surface area contributed by atoms with Crippen LogP contribution in [-0.2, 0) is 13.1 Å². The molecule has 0 aliphatic carbocycles. The number of hydrogen-bond donors (Lipinski definition) is 2. The predicted molar refractivity (Wildman–Crippen MR) is 96.7 cm³/mol. The van der Waals surface area contributed by atoms with Gasteiger partial charge in [-0.15, -0.1) is 12.4 Å². The highest BCUT2D eigenvalue weighted by Crippen LogP contribution is 2.18. The van der Waals surface area contributed by atoms with E-state index < -0.39 is 0 Å². The molecule has 3 rings (SSSR count). The van der Waals surface area contributed by atoms with Gasteiger partial charge in [-0.2, -0.15) is 5.10 Å². The van der Waals surface area contributed by atoms with E-state index in [1.54, 1.807) is 0 Å². The van der Waals surface area contributed by atoms with Crippen molar-refractivity contribution in [2.24, 2.45) is 5.92 Å². The molecule has 126 valence electrons. The molecule has 4 nitrogen and oxygen atoms in total. The highest BCUT2D eigenvalue weighted by Gasteiger charge is 2.18. The normalized spacial score (nSPS) is 16.2. The summed E-state index contributed by atoms with van der Waals surface area (Å²) >= 11 is 0. The monoisotopic (exact) mass is 334 g/mol. The molecule has 0 amide bonds. The minimum Gasteiger partial charge on any atom is -0.312 e. The number of likely N-dealkylation sites (tertiary alicyclic amines) is 1. The Morgan fingerprint density at radius 1 is 1.22 bits per heavy atom. The number of aryl methyl sites for hydroxylation is 1. The molecule has 0 spiro atoms. The maximum absolute atomic E-state index is 4.07. The minimum absolute atomic E-state index is 0. The highest BCUT2D eigenvalue weighted by atomic mass is 35.5. The molecule has 1 aromatic carbocycles. The van der Waals surface area contributed by atoms with Gasteiger partial charge in [-0.05, 0) is 50.9 Å². The van der Waals surface area contributed by atoms with Crippen molar-refractivity contribution < 1.29 is 0 Å². The van der Waals surface area contributed by atoms with E-state index in [0.717, 1.165) is 25.6 Å². The summed E-state index contributed by atoms with van der Waals surface area (Å²) in [5, 5.41) is 10.6. The van der Waals surface area contributed by atoms with Crippen molar-refractivity contribution in [3.05, 3.63) is 53.3 Å². The number of aromatic amines is 1. The molecule has 1 aliphatic rings. The van der Waals surface area contributed by atoms with Gasteiger partial charge >= 0.3 is 0 Å². The van der Waals surface area contributed by atoms with Crippen molar-refractivity contribution in [2.75, 3.05) is 19.6 Å². The van der Waals surface area contributed by atoms with Crippen LogP contribution < -0.4 is 5.32 Å². The van der Waals surface area contributed by atoms with Gasteiger partial charge in [-0.3, -0.25) is 10.00 Å². The van der Waals surface area contributed by atoms with Gasteiger partial charge in [0.25, 0.3) is 0 Å². The second-order valence-corrected chi connectivity index (χ2v) is 6.36. The zero-order chi connectivity index (χ0) is 15.2. The molecule has 1 aromatic heterocycles. The number of H-pyrrole nitrogens is 1. The van der Waals surface area contributed by atoms with Crippen LogP contribution in [0.2, 0.25) is 0 Å². The van der Waals surface area contributed by atoms with E-state index in [2.05, 4.69) is 57.7 Å². The zero-order valence-corrected chi connectivity index (χ0v) is 14.6. The predicted octanol–water partition coefficient (Wildman–Crippen LogP) is 3.14. The molecular weight excluding hydrogens is 308 g/mol. The molecule has 0 bridgehead atoms. The Hall–Kier alpha value is -1.36. The summed E-state index contributed by atoms with van der Waals surface area (Å²) in [6.45, 7) is 7.63. The largest absolute Gasteiger partial charge is 0.312 e. The van der Waals surface area contributed by atoms with Crippen LogP contribution in [0.3, 0.4) is 0 Å². The lowest BCUT2D eigenvalue weighted by molar-refractivity contribution is 0.175. The summed E-state index contributed by atoms with van der Waals surface area (Å²) < 4.78 is 0. The molecule has 0 unspecified atom stereocenters. The Labute approximate surface area is 145 Å². The van der Waals surface area contributed by atoms with E-state index in [4.69, 9.17) is 0 Å². The van der Waals surface area contributed by atoms with Crippen molar-refractivity contribution in [1.29, 1.82) is 0 Å². The van der Waals surface area contributed by atoms with E-state index in [1.807, 2.05) is 6.20 Å². The summed E-state index contributed by atoms with van der Waals surface area (Å²) in [7, 11) is 0. The highest BCUT2D eigenvalue weighted by molar-refractivity contribution is 5.85. The van der Waals surface area contributed by atoms with Crippen LogP contribution in [0.4, 0.5) is 0 Å². The van der Waals surface area contributed by atoms with Gasteiger partial charge in [0.15, 0.2) is 0 Å². The van der Waals surface area contributed by atoms with Gasteiger partial charge in [-0.25, -0.2) is 0 Å². The lowest BCUT2D eigenvalue weighted by Gasteiger charge is -2.32. The quantitative estimate of drug-likeness (QED) is 0.853. The zero-order valence-electron chi connectivity index (χ0n) is 13.8. The van der Waals surface area contributed by atoms with Gasteiger partial charge in [0.1, 0.15) is 0 Å². The number of benzene rings is 1. The van der Waals surface area contributed by atoms with Crippen LogP contribution in [0.1, 0.15) is 29.7 Å². The fraction of sp³-hybridized carbons (Fsp3) is 0.500. The average Bonchev–Trinajstić information content (AvgIpc) is 2.95. The smallest absolute Gasteiger partial charge is 0.0535 e. The molecular formula is C18H27ClN4. The Balaban J connectivity index is 0.00000192. The summed E-state index contributed by atoms with van der Waals surface area (Å²) in [6, 6.07) is 10.8. The van der Waals surface area contributed by atoms with Crippen LogP contribution in [0.25, 0.3) is 0 Å². The van der Waals surface area contributed by atoms with Gasteiger partial charge in [-0.1, -0.05) is 30.3 Å². The first kappa shape index (κ1) is 18.0. The molecule has 5 heteroatoms. The number of rotatable bonds is 6. The molecule has 2 heterocycles. The van der Waals surface area contributed by atoms with Gasteiger partial charge in [0, 0.05) is 24.3 Å². The van der Waals surface area contributed by atoms with Crippen molar-refractivity contribution >= 4 is 12.4 Å². The Morgan fingerprint density at radius 2 is 1.96 bits per heavy atom. The van der Waals surface area contributed by atoms with Crippen LogP contribution >= 0.6 is 12.4 Å². The van der Waals surface area contributed by atoms with E-state index in [1.165, 1.54) is 42.8 Å². The molecule has 0 atom stereocenters. The second kappa shape index (κ2) is 9.06. The molecule has 0 radical (unpaired) electrons. The molecule has 0 saturated carbocycles. The molecule has 1 fully saturated rings. The Morgan fingerprint density at radius 3 is 2.61 bits per heavy atom. The van der Waals surface area contributed by atoms with Crippen LogP contribution in [0, 0.1) is 12.8 Å². The molecule has 2 N–H and O–H groups in total. The van der Waals surface area contributed by atoms with Crippen molar-refractivity contribution in [2.45, 2.75) is 32.9 Å². The lowest BCUT2D eigenvalue weighted by Crippen LogP contribution is -2.36. The first-order valence-electron chi connectivity index (χ1n) is 8.27. The fourth-order valence-corrected chi connectivity index (χ4v) is 3.16. The van der Waals surface area contributed by atoms with Gasteiger partial charge in [0.2, 0.25) is 0 Å². The standard InChI is InChI=1S/C18H26N4.ClH/c1-15-18(13-20-21-15)12-19-11-16-7-9-22(10-8-16)14-17-5-3-2-4-6-17;/h2-6,13,16,19H,7-12,14H2,1H3,(H,20,21);1H. The molecule has 2 aromatic rings. The lowest BCUT2D eigenvalue weighted by atomic mass is 9.96. The second-order valence-electron chi connectivity index (χ2n) is 6.36. The van der Waals surface area contributed by atoms with Crippen LogP contribution in [-0.4, -0.2) is 34.7 Å². The summed E-state index contributed by atoms with van der Waals surface area (Å²) in [4.78, 5) is 2.58. The van der Waals surface area contributed by atoms with E-state index in [0.29, 0.717) is 0 Å². The van der Waals surface area contributed by atoms with E-state index >= 15 is 0 Å². The van der Waals surface area contributed by atoms with Crippen molar-refractivity contribution in [3.63, 3.8) is 0 Å². The topological polar surface area (TPSA) is 44.0 Å². The first-order chi connectivity index (χ1) is 10.8. The molecule has 23 heavy (non-hydrogen) atoms. The number of nitrogens with zero attached hydrogens (tertiary/aromatic N) is 2. The third-order valence-corrected chi connectivity index (χ3v) is 4.64. The van der Waals surface area contributed by atoms with Crippen molar-refractivity contribution in [1.82, 2.24) is 20.4 Å². The average molecular weight is 335 g/mol. The number of hydrogen-bond acceptors (Lipinski definition) is 3. The third-order valence-electron chi connectivity index (χ3n) is 4.64. The third kappa shape index (κ3) is 5.34. The summed E-state index contributed by atoms with van der Waals surface area (Å²) in [5.41, 5.74) is 3.88. The van der Waals surface area contributed by atoms with E-state index in [9.17, 15) is 0 Å². The van der Waals surface area contributed by atoms with Gasteiger partial charge < -0.3 is 5.32 Å². The SMILES string of the molecule is Cc1[nH]ncc1CNCC1CCN(Cc2ccccc2)CC1.Cl. The molecule has 1 aliphatic heterocycles. The number of nitrogens with one attached hydrogen (secondary N) is 2.